The maximum absolute atomic E-state index is 11.9. The van der Waals surface area contributed by atoms with E-state index in [1.54, 1.807) is 0 Å². The van der Waals surface area contributed by atoms with Gasteiger partial charge < -0.3 is 14.0 Å². The predicted octanol–water partition coefficient (Wildman–Crippen LogP) is 2.57. The summed E-state index contributed by atoms with van der Waals surface area (Å²) in [5, 5.41) is 0.0270. The second-order valence-electron chi connectivity index (χ2n) is 7.58. The molecule has 4 rings (SSSR count). The van der Waals surface area contributed by atoms with Gasteiger partial charge >= 0.3 is 13.1 Å². The van der Waals surface area contributed by atoms with Crippen molar-refractivity contribution in [1.82, 2.24) is 0 Å². The van der Waals surface area contributed by atoms with Crippen molar-refractivity contribution >= 4 is 13.1 Å². The van der Waals surface area contributed by atoms with Crippen molar-refractivity contribution in [2.45, 2.75) is 69.9 Å². The van der Waals surface area contributed by atoms with Crippen molar-refractivity contribution in [3.63, 3.8) is 0 Å². The van der Waals surface area contributed by atoms with E-state index in [1.165, 1.54) is 7.11 Å². The molecule has 4 nitrogen and oxygen atoms in total. The molecule has 0 aromatic rings. The molecule has 1 aliphatic heterocycles. The van der Waals surface area contributed by atoms with Crippen LogP contribution in [0.5, 0.6) is 0 Å². The summed E-state index contributed by atoms with van der Waals surface area (Å²) < 4.78 is 17.3. The van der Waals surface area contributed by atoms with Crippen LogP contribution in [-0.4, -0.2) is 31.4 Å². The highest BCUT2D eigenvalue weighted by Gasteiger charge is 2.73. The van der Waals surface area contributed by atoms with E-state index in [0.717, 1.165) is 25.7 Å². The van der Waals surface area contributed by atoms with E-state index < -0.39 is 0 Å². The Labute approximate surface area is 115 Å². The average Bonchev–Trinajstić information content (AvgIpc) is 2.87. The number of carbonyl (C=O) groups is 1. The Morgan fingerprint density at radius 3 is 2.05 bits per heavy atom. The molecule has 4 fully saturated rings. The first-order valence-electron chi connectivity index (χ1n) is 7.11. The minimum absolute atomic E-state index is 0.0270. The molecule has 0 unspecified atom stereocenters. The molecule has 0 spiro atoms. The standard InChI is InChI=1S/C14H23BO4/c1-11(2)12(3,4)19-15(18-11)14-7-6-13(8-14,9-14)10(16)17-5/h6-9H2,1-5H3. The Hall–Kier alpha value is -0.545. The lowest BCUT2D eigenvalue weighted by Crippen LogP contribution is -2.48. The summed E-state index contributed by atoms with van der Waals surface area (Å²) in [6, 6.07) is 0. The Balaban J connectivity index is 1.76. The number of fused-ring (bicyclic) bond motifs is 1. The fraction of sp³-hybridized carbons (Fsp3) is 0.929. The van der Waals surface area contributed by atoms with Gasteiger partial charge in [-0.3, -0.25) is 4.79 Å². The first-order valence-corrected chi connectivity index (χ1v) is 7.11. The van der Waals surface area contributed by atoms with Crippen LogP contribution >= 0.6 is 0 Å². The molecule has 1 saturated heterocycles. The van der Waals surface area contributed by atoms with Crippen LogP contribution < -0.4 is 0 Å². The largest absolute Gasteiger partial charge is 0.469 e. The van der Waals surface area contributed by atoms with Crippen LogP contribution in [0.4, 0.5) is 0 Å². The summed E-state index contributed by atoms with van der Waals surface area (Å²) in [5.74, 6) is -0.0582. The summed E-state index contributed by atoms with van der Waals surface area (Å²) in [6.07, 6.45) is 3.61. The molecule has 0 atom stereocenters. The highest BCUT2D eigenvalue weighted by atomic mass is 16.7. The Bertz CT molecular complexity index is 407. The number of esters is 1. The van der Waals surface area contributed by atoms with E-state index in [9.17, 15) is 4.79 Å². The van der Waals surface area contributed by atoms with Crippen LogP contribution in [0.2, 0.25) is 5.31 Å². The number of hydrogen-bond donors (Lipinski definition) is 0. The Morgan fingerprint density at radius 1 is 1.05 bits per heavy atom. The SMILES string of the molecule is COC(=O)C12CCC(B3OC(C)(C)C(C)(C)O3)(C1)C2. The Kier molecular flexibility index (Phi) is 2.52. The maximum Gasteiger partial charge on any atom is 0.464 e. The molecule has 2 bridgehead atoms. The third-order valence-electron chi connectivity index (χ3n) is 5.85. The van der Waals surface area contributed by atoms with Crippen LogP contribution in [0.15, 0.2) is 0 Å². The van der Waals surface area contributed by atoms with E-state index >= 15 is 0 Å². The molecular formula is C14H23BO4. The van der Waals surface area contributed by atoms with Gasteiger partial charge in [-0.05, 0) is 53.4 Å². The first kappa shape index (κ1) is 13.4. The monoisotopic (exact) mass is 266 g/mol. The van der Waals surface area contributed by atoms with Gasteiger partial charge in [-0.15, -0.1) is 0 Å². The number of rotatable bonds is 2. The zero-order valence-corrected chi connectivity index (χ0v) is 12.5. The summed E-state index contributed by atoms with van der Waals surface area (Å²) in [5.41, 5.74) is -0.838. The van der Waals surface area contributed by atoms with Gasteiger partial charge in [-0.2, -0.15) is 0 Å². The van der Waals surface area contributed by atoms with E-state index in [0.29, 0.717) is 0 Å². The topological polar surface area (TPSA) is 44.8 Å². The van der Waals surface area contributed by atoms with Gasteiger partial charge in [-0.25, -0.2) is 0 Å². The molecule has 0 amide bonds. The number of methoxy groups -OCH3 is 1. The fourth-order valence-electron chi connectivity index (χ4n) is 3.98. The van der Waals surface area contributed by atoms with Crippen molar-refractivity contribution in [3.8, 4) is 0 Å². The highest BCUT2D eigenvalue weighted by molar-refractivity contribution is 6.50. The van der Waals surface area contributed by atoms with Gasteiger partial charge in [0.15, 0.2) is 0 Å². The molecule has 3 saturated carbocycles. The first-order chi connectivity index (χ1) is 8.66. The normalized spacial score (nSPS) is 42.1. The van der Waals surface area contributed by atoms with Gasteiger partial charge in [0.1, 0.15) is 0 Å². The average molecular weight is 266 g/mol. The molecule has 0 radical (unpaired) electrons. The summed E-state index contributed by atoms with van der Waals surface area (Å²) >= 11 is 0. The third-order valence-corrected chi connectivity index (χ3v) is 5.85. The molecule has 3 aliphatic carbocycles. The van der Waals surface area contributed by atoms with E-state index in [4.69, 9.17) is 14.0 Å². The summed E-state index contributed by atoms with van der Waals surface area (Å²) in [7, 11) is 1.29. The smallest absolute Gasteiger partial charge is 0.464 e. The molecule has 1 heterocycles. The minimum Gasteiger partial charge on any atom is -0.469 e. The van der Waals surface area contributed by atoms with Gasteiger partial charge in [-0.1, -0.05) is 0 Å². The predicted molar refractivity (Wildman–Crippen MR) is 71.7 cm³/mol. The summed E-state index contributed by atoms with van der Waals surface area (Å²) in [4.78, 5) is 11.9. The van der Waals surface area contributed by atoms with Crippen molar-refractivity contribution in [1.29, 1.82) is 0 Å². The van der Waals surface area contributed by atoms with Crippen LogP contribution in [0.3, 0.4) is 0 Å². The highest BCUT2D eigenvalue weighted by Crippen LogP contribution is 2.74. The van der Waals surface area contributed by atoms with E-state index in [-0.39, 0.29) is 35.0 Å². The molecule has 0 aromatic heterocycles. The lowest BCUT2D eigenvalue weighted by atomic mass is 9.44. The van der Waals surface area contributed by atoms with Crippen molar-refractivity contribution in [2.75, 3.05) is 7.11 Å². The fourth-order valence-corrected chi connectivity index (χ4v) is 3.98. The lowest BCUT2D eigenvalue weighted by molar-refractivity contribution is -0.157. The van der Waals surface area contributed by atoms with Crippen molar-refractivity contribution in [2.24, 2.45) is 5.41 Å². The molecule has 4 aliphatic rings. The maximum atomic E-state index is 11.9. The summed E-state index contributed by atoms with van der Waals surface area (Å²) in [6.45, 7) is 8.30. The second-order valence-corrected chi connectivity index (χ2v) is 7.58. The number of carbonyl (C=O) groups excluding carboxylic acids is 1. The molecule has 106 valence electrons. The minimum atomic E-state index is -0.293. The number of hydrogen-bond acceptors (Lipinski definition) is 4. The molecule has 19 heavy (non-hydrogen) atoms. The second kappa shape index (κ2) is 3.56. The van der Waals surface area contributed by atoms with E-state index in [1.807, 2.05) is 0 Å². The lowest BCUT2D eigenvalue weighted by Gasteiger charge is -2.46. The third kappa shape index (κ3) is 1.57. The quantitative estimate of drug-likeness (QED) is 0.569. The van der Waals surface area contributed by atoms with Crippen LogP contribution in [0.1, 0.15) is 53.4 Å². The van der Waals surface area contributed by atoms with Crippen molar-refractivity contribution in [3.05, 3.63) is 0 Å². The number of ether oxygens (including phenoxy) is 1. The molecule has 0 N–H and O–H groups in total. The Morgan fingerprint density at radius 2 is 1.58 bits per heavy atom. The van der Waals surface area contributed by atoms with Crippen LogP contribution in [-0.2, 0) is 18.8 Å². The zero-order valence-electron chi connectivity index (χ0n) is 12.5. The van der Waals surface area contributed by atoms with Gasteiger partial charge in [0.05, 0.1) is 23.7 Å². The van der Waals surface area contributed by atoms with Crippen molar-refractivity contribution < 1.29 is 18.8 Å². The van der Waals surface area contributed by atoms with E-state index in [2.05, 4.69) is 27.7 Å². The van der Waals surface area contributed by atoms with Crippen LogP contribution in [0.25, 0.3) is 0 Å². The molecule has 5 heteroatoms. The van der Waals surface area contributed by atoms with Gasteiger partial charge in [0.2, 0.25) is 0 Å². The molecular weight excluding hydrogens is 243 g/mol. The van der Waals surface area contributed by atoms with Crippen LogP contribution in [0, 0.1) is 5.41 Å². The zero-order chi connectivity index (χ0) is 14.1. The molecule has 0 aromatic carbocycles. The van der Waals surface area contributed by atoms with Gasteiger partial charge in [0.25, 0.3) is 0 Å². The van der Waals surface area contributed by atoms with Gasteiger partial charge in [0, 0.05) is 5.31 Å².